The van der Waals surface area contributed by atoms with Crippen LogP contribution in [0.2, 0.25) is 5.02 Å². The summed E-state index contributed by atoms with van der Waals surface area (Å²) in [4.78, 5) is 25.3. The Morgan fingerprint density at radius 1 is 1.31 bits per heavy atom. The Labute approximate surface area is 161 Å². The molecule has 4 nitrogen and oxygen atoms in total. The average Bonchev–Trinajstić information content (AvgIpc) is 3.18. The summed E-state index contributed by atoms with van der Waals surface area (Å²) < 4.78 is 5.96. The Balaban J connectivity index is 1.46. The first-order chi connectivity index (χ1) is 12.5. The Bertz CT molecular complexity index is 872. The van der Waals surface area contributed by atoms with Crippen LogP contribution in [0, 0.1) is 5.92 Å². The highest BCUT2D eigenvalue weighted by Crippen LogP contribution is 2.41. The van der Waals surface area contributed by atoms with Crippen molar-refractivity contribution >= 4 is 34.6 Å². The van der Waals surface area contributed by atoms with E-state index in [4.69, 9.17) is 16.3 Å². The van der Waals surface area contributed by atoms with Crippen molar-refractivity contribution in [2.24, 2.45) is 5.92 Å². The van der Waals surface area contributed by atoms with Crippen LogP contribution < -0.4 is 10.1 Å². The molecule has 2 aromatic rings. The molecule has 6 heteroatoms. The molecule has 2 aliphatic rings. The maximum Gasteiger partial charge on any atom is 0.223 e. The third-order valence-corrected chi connectivity index (χ3v) is 6.59. The molecule has 1 aliphatic heterocycles. The van der Waals surface area contributed by atoms with Gasteiger partial charge >= 0.3 is 0 Å². The number of amides is 1. The Morgan fingerprint density at radius 3 is 2.77 bits per heavy atom. The lowest BCUT2D eigenvalue weighted by molar-refractivity contribution is -0.127. The van der Waals surface area contributed by atoms with Gasteiger partial charge in [0.1, 0.15) is 11.9 Å². The summed E-state index contributed by atoms with van der Waals surface area (Å²) >= 11 is 7.90. The fraction of sp³-hybridized carbons (Fsp3) is 0.400. The zero-order valence-corrected chi connectivity index (χ0v) is 16.1. The molecular formula is C20H20ClNO3S. The van der Waals surface area contributed by atoms with Gasteiger partial charge in [0.05, 0.1) is 16.4 Å². The third kappa shape index (κ3) is 3.38. The Kier molecular flexibility index (Phi) is 4.76. The van der Waals surface area contributed by atoms with Crippen molar-refractivity contribution in [3.05, 3.63) is 39.7 Å². The predicted molar refractivity (Wildman–Crippen MR) is 103 cm³/mol. The number of halogens is 1. The molecule has 136 valence electrons. The number of carbonyl (C=O) groups is 2. The second-order valence-corrected chi connectivity index (χ2v) is 8.47. The van der Waals surface area contributed by atoms with Gasteiger partial charge in [0.2, 0.25) is 5.91 Å². The van der Waals surface area contributed by atoms with Crippen LogP contribution in [0.1, 0.15) is 41.4 Å². The molecule has 0 bridgehead atoms. The van der Waals surface area contributed by atoms with Crippen molar-refractivity contribution in [3.63, 3.8) is 0 Å². The van der Waals surface area contributed by atoms with Crippen molar-refractivity contribution in [2.75, 3.05) is 6.54 Å². The first-order valence-electron chi connectivity index (χ1n) is 8.89. The molecular weight excluding hydrogens is 370 g/mol. The second kappa shape index (κ2) is 7.05. The van der Waals surface area contributed by atoms with Gasteiger partial charge in [-0.15, -0.1) is 11.3 Å². The number of ketones is 1. The number of rotatable bonds is 5. The molecule has 1 aliphatic carbocycles. The van der Waals surface area contributed by atoms with Gasteiger partial charge in [0.15, 0.2) is 5.78 Å². The first kappa shape index (κ1) is 17.6. The van der Waals surface area contributed by atoms with Gasteiger partial charge < -0.3 is 10.1 Å². The van der Waals surface area contributed by atoms with E-state index in [1.54, 1.807) is 6.92 Å². The van der Waals surface area contributed by atoms with E-state index in [1.165, 1.54) is 11.3 Å². The fourth-order valence-corrected chi connectivity index (χ4v) is 4.53. The number of thiophene rings is 1. The lowest BCUT2D eigenvalue weighted by atomic mass is 9.85. The number of carbonyl (C=O) groups excluding carboxylic acids is 2. The average molecular weight is 390 g/mol. The standard InChI is InChI=1S/C20H20ClNO3S/c1-11(23)17-5-6-18(26-17)13-7-14-8-15(25-19(14)16(21)9-13)10-22-20(24)12-3-2-4-12/h5-7,9,12,15H,2-4,8,10H2,1H3,(H,22,24)/t15-/m0/s1. The summed E-state index contributed by atoms with van der Waals surface area (Å²) in [6.07, 6.45) is 3.78. The fourth-order valence-electron chi connectivity index (χ4n) is 3.36. The van der Waals surface area contributed by atoms with E-state index in [2.05, 4.69) is 11.4 Å². The van der Waals surface area contributed by atoms with Gasteiger partial charge in [-0.3, -0.25) is 9.59 Å². The molecule has 26 heavy (non-hydrogen) atoms. The van der Waals surface area contributed by atoms with Gasteiger partial charge in [0, 0.05) is 22.8 Å². The van der Waals surface area contributed by atoms with E-state index in [1.807, 2.05) is 18.2 Å². The van der Waals surface area contributed by atoms with Gasteiger partial charge in [-0.05, 0) is 49.6 Å². The summed E-state index contributed by atoms with van der Waals surface area (Å²) in [6, 6.07) is 7.75. The predicted octanol–water partition coefficient (Wildman–Crippen LogP) is 4.49. The summed E-state index contributed by atoms with van der Waals surface area (Å²) in [7, 11) is 0. The highest BCUT2D eigenvalue weighted by atomic mass is 35.5. The number of nitrogens with one attached hydrogen (secondary N) is 1. The highest BCUT2D eigenvalue weighted by Gasteiger charge is 2.29. The van der Waals surface area contributed by atoms with Crippen LogP contribution in [-0.4, -0.2) is 24.3 Å². The summed E-state index contributed by atoms with van der Waals surface area (Å²) in [5, 5.41) is 3.57. The van der Waals surface area contributed by atoms with Crippen molar-refractivity contribution in [2.45, 2.75) is 38.7 Å². The molecule has 1 aromatic heterocycles. The molecule has 1 saturated carbocycles. The van der Waals surface area contributed by atoms with E-state index in [0.717, 1.165) is 46.6 Å². The lowest BCUT2D eigenvalue weighted by Crippen LogP contribution is -2.40. The van der Waals surface area contributed by atoms with Crippen LogP contribution in [0.5, 0.6) is 5.75 Å². The Hall–Kier alpha value is -1.85. The van der Waals surface area contributed by atoms with E-state index in [0.29, 0.717) is 17.3 Å². The summed E-state index contributed by atoms with van der Waals surface area (Å²) in [5.41, 5.74) is 2.04. The van der Waals surface area contributed by atoms with Crippen LogP contribution in [0.25, 0.3) is 10.4 Å². The van der Waals surface area contributed by atoms with Crippen LogP contribution in [0.15, 0.2) is 24.3 Å². The minimum absolute atomic E-state index is 0.0686. The molecule has 4 rings (SSSR count). The number of ether oxygens (including phenoxy) is 1. The monoisotopic (exact) mass is 389 g/mol. The van der Waals surface area contributed by atoms with Crippen molar-refractivity contribution in [1.82, 2.24) is 5.32 Å². The van der Waals surface area contributed by atoms with Crippen molar-refractivity contribution in [1.29, 1.82) is 0 Å². The molecule has 0 unspecified atom stereocenters. The Morgan fingerprint density at radius 2 is 2.12 bits per heavy atom. The van der Waals surface area contributed by atoms with Crippen LogP contribution in [0.3, 0.4) is 0 Å². The largest absolute Gasteiger partial charge is 0.486 e. The summed E-state index contributed by atoms with van der Waals surface area (Å²) in [5.74, 6) is 1.10. The zero-order valence-electron chi connectivity index (χ0n) is 14.5. The van der Waals surface area contributed by atoms with Gasteiger partial charge in [-0.2, -0.15) is 0 Å². The van der Waals surface area contributed by atoms with Gasteiger partial charge in [-0.25, -0.2) is 0 Å². The highest BCUT2D eigenvalue weighted by molar-refractivity contribution is 7.17. The minimum atomic E-state index is -0.0853. The topological polar surface area (TPSA) is 55.4 Å². The van der Waals surface area contributed by atoms with Gasteiger partial charge in [0.25, 0.3) is 0 Å². The maximum atomic E-state index is 12.0. The van der Waals surface area contributed by atoms with Crippen LogP contribution in [-0.2, 0) is 11.2 Å². The molecule has 0 saturated heterocycles. The maximum absolute atomic E-state index is 12.0. The van der Waals surface area contributed by atoms with E-state index < -0.39 is 0 Å². The smallest absolute Gasteiger partial charge is 0.223 e. The molecule has 0 radical (unpaired) electrons. The number of hydrogen-bond acceptors (Lipinski definition) is 4. The van der Waals surface area contributed by atoms with Crippen LogP contribution >= 0.6 is 22.9 Å². The molecule has 1 amide bonds. The zero-order chi connectivity index (χ0) is 18.3. The second-order valence-electron chi connectivity index (χ2n) is 6.98. The quantitative estimate of drug-likeness (QED) is 0.766. The molecule has 1 fully saturated rings. The number of Topliss-reactive ketones (excluding diaryl/α,β-unsaturated/α-hetero) is 1. The number of hydrogen-bond donors (Lipinski definition) is 1. The van der Waals surface area contributed by atoms with E-state index in [-0.39, 0.29) is 23.7 Å². The molecule has 1 aromatic carbocycles. The number of fused-ring (bicyclic) bond motifs is 1. The molecule has 2 heterocycles. The number of benzene rings is 1. The summed E-state index contributed by atoms with van der Waals surface area (Å²) in [6.45, 7) is 2.07. The molecule has 0 spiro atoms. The minimum Gasteiger partial charge on any atom is -0.486 e. The van der Waals surface area contributed by atoms with E-state index in [9.17, 15) is 9.59 Å². The third-order valence-electron chi connectivity index (χ3n) is 5.07. The van der Waals surface area contributed by atoms with Crippen molar-refractivity contribution < 1.29 is 14.3 Å². The van der Waals surface area contributed by atoms with Crippen LogP contribution in [0.4, 0.5) is 0 Å². The lowest BCUT2D eigenvalue weighted by Gasteiger charge is -2.24. The van der Waals surface area contributed by atoms with E-state index >= 15 is 0 Å². The molecule has 1 atom stereocenters. The van der Waals surface area contributed by atoms with Crippen molar-refractivity contribution in [3.8, 4) is 16.2 Å². The SMILES string of the molecule is CC(=O)c1ccc(-c2cc(Cl)c3c(c2)C[C@@H](CNC(=O)C2CCC2)O3)s1. The van der Waals surface area contributed by atoms with Gasteiger partial charge in [-0.1, -0.05) is 18.0 Å². The normalized spacial score (nSPS) is 18.8. The molecule has 1 N–H and O–H groups in total. The first-order valence-corrected chi connectivity index (χ1v) is 10.1.